The molecule has 0 bridgehead atoms. The van der Waals surface area contributed by atoms with Crippen LogP contribution in [-0.4, -0.2) is 19.9 Å². The van der Waals surface area contributed by atoms with Gasteiger partial charge in [-0.3, -0.25) is 5.01 Å². The van der Waals surface area contributed by atoms with Crippen molar-refractivity contribution >= 4 is 40.7 Å². The summed E-state index contributed by atoms with van der Waals surface area (Å²) in [4.78, 5) is 0. The van der Waals surface area contributed by atoms with Gasteiger partial charge in [0.15, 0.2) is 0 Å². The van der Waals surface area contributed by atoms with Gasteiger partial charge >= 0.3 is 0 Å². The highest BCUT2D eigenvalue weighted by molar-refractivity contribution is 6.36. The number of anilines is 1. The molecule has 0 aliphatic carbocycles. The fraction of sp³-hybridized carbons (Fsp3) is 0.160. The number of nitrogens with zero attached hydrogens (tertiary/aromatic N) is 2. The molecule has 4 nitrogen and oxygen atoms in total. The second-order valence-corrected chi connectivity index (χ2v) is 7.97. The molecule has 1 atom stereocenters. The third-order valence-corrected chi connectivity index (χ3v) is 5.71. The summed E-state index contributed by atoms with van der Waals surface area (Å²) in [6.45, 7) is 0. The van der Waals surface area contributed by atoms with E-state index >= 15 is 0 Å². The van der Waals surface area contributed by atoms with E-state index in [-0.39, 0.29) is 6.04 Å². The highest BCUT2D eigenvalue weighted by Gasteiger charge is 2.29. The van der Waals surface area contributed by atoms with E-state index in [1.165, 1.54) is 0 Å². The highest BCUT2D eigenvalue weighted by atomic mass is 35.5. The molecule has 0 aromatic heterocycles. The third-order valence-electron chi connectivity index (χ3n) is 5.17. The molecule has 0 fully saturated rings. The maximum Gasteiger partial charge on any atom is 0.118 e. The Morgan fingerprint density at radius 2 is 1.52 bits per heavy atom. The topological polar surface area (TPSA) is 34.1 Å². The zero-order valence-electron chi connectivity index (χ0n) is 17.3. The first-order valence-electron chi connectivity index (χ1n) is 9.85. The number of hydrogen-bond acceptors (Lipinski definition) is 4. The molecule has 3 aromatic rings. The molecule has 4 rings (SSSR count). The molecule has 0 amide bonds. The fourth-order valence-corrected chi connectivity index (χ4v) is 4.01. The molecule has 0 unspecified atom stereocenters. The van der Waals surface area contributed by atoms with Gasteiger partial charge in [-0.15, -0.1) is 0 Å². The van der Waals surface area contributed by atoms with Crippen LogP contribution in [0.1, 0.15) is 23.6 Å². The first-order chi connectivity index (χ1) is 15.1. The number of rotatable bonds is 6. The van der Waals surface area contributed by atoms with E-state index in [1.807, 2.05) is 59.6 Å². The lowest BCUT2D eigenvalue weighted by Crippen LogP contribution is -2.18. The number of allylic oxidation sites excluding steroid dienone is 1. The van der Waals surface area contributed by atoms with E-state index in [0.29, 0.717) is 10.0 Å². The molecule has 31 heavy (non-hydrogen) atoms. The minimum Gasteiger partial charge on any atom is -0.497 e. The average molecular weight is 453 g/mol. The minimum atomic E-state index is 0.0140. The van der Waals surface area contributed by atoms with Crippen molar-refractivity contribution in [1.82, 2.24) is 0 Å². The van der Waals surface area contributed by atoms with Gasteiger partial charge in [-0.2, -0.15) is 5.10 Å². The molecule has 0 N–H and O–H groups in total. The van der Waals surface area contributed by atoms with Crippen LogP contribution >= 0.6 is 23.2 Å². The van der Waals surface area contributed by atoms with Crippen molar-refractivity contribution in [3.63, 3.8) is 0 Å². The Balaban J connectivity index is 1.65. The van der Waals surface area contributed by atoms with Crippen molar-refractivity contribution in [3.05, 3.63) is 94.0 Å². The van der Waals surface area contributed by atoms with Crippen molar-refractivity contribution in [2.75, 3.05) is 19.2 Å². The molecule has 1 heterocycles. The van der Waals surface area contributed by atoms with Crippen LogP contribution in [0.2, 0.25) is 10.0 Å². The summed E-state index contributed by atoms with van der Waals surface area (Å²) in [5.41, 5.74) is 3.98. The summed E-state index contributed by atoms with van der Waals surface area (Å²) >= 11 is 12.6. The van der Waals surface area contributed by atoms with Crippen LogP contribution in [0.4, 0.5) is 5.69 Å². The predicted octanol–water partition coefficient (Wildman–Crippen LogP) is 7.03. The molecule has 1 aliphatic heterocycles. The maximum atomic E-state index is 6.51. The van der Waals surface area contributed by atoms with Crippen LogP contribution in [0.3, 0.4) is 0 Å². The van der Waals surface area contributed by atoms with Gasteiger partial charge in [0.2, 0.25) is 0 Å². The Kier molecular flexibility index (Phi) is 6.50. The van der Waals surface area contributed by atoms with Crippen molar-refractivity contribution in [2.45, 2.75) is 12.5 Å². The molecule has 0 spiro atoms. The average Bonchev–Trinajstić information content (AvgIpc) is 3.22. The predicted molar refractivity (Wildman–Crippen MR) is 129 cm³/mol. The fourth-order valence-electron chi connectivity index (χ4n) is 3.52. The molecular formula is C25H22Cl2N2O2. The van der Waals surface area contributed by atoms with Crippen LogP contribution in [0.15, 0.2) is 77.9 Å². The molecule has 6 heteroatoms. The first-order valence-corrected chi connectivity index (χ1v) is 10.6. The zero-order chi connectivity index (χ0) is 21.8. The Labute approximate surface area is 192 Å². The van der Waals surface area contributed by atoms with Gasteiger partial charge in [0.1, 0.15) is 11.5 Å². The maximum absolute atomic E-state index is 6.51. The lowest BCUT2D eigenvalue weighted by molar-refractivity contribution is 0.414. The van der Waals surface area contributed by atoms with E-state index < -0.39 is 0 Å². The number of methoxy groups -OCH3 is 2. The molecule has 0 radical (unpaired) electrons. The molecule has 158 valence electrons. The van der Waals surface area contributed by atoms with Crippen LogP contribution in [-0.2, 0) is 0 Å². The SMILES string of the molecule is COc1ccc(/C=C/C2=NN(c3ccc(Cl)cc3Cl)[C@@H](c3ccc(OC)cc3)C2)cc1. The van der Waals surface area contributed by atoms with Gasteiger partial charge in [-0.25, -0.2) is 0 Å². The van der Waals surface area contributed by atoms with Crippen LogP contribution in [0.5, 0.6) is 11.5 Å². The number of hydrogen-bond donors (Lipinski definition) is 0. The number of benzene rings is 3. The second kappa shape index (κ2) is 9.46. The Hall–Kier alpha value is -2.95. The third kappa shape index (κ3) is 4.87. The zero-order valence-corrected chi connectivity index (χ0v) is 18.8. The van der Waals surface area contributed by atoms with Crippen LogP contribution < -0.4 is 14.5 Å². The van der Waals surface area contributed by atoms with Gasteiger partial charge < -0.3 is 9.47 Å². The molecule has 0 saturated heterocycles. The summed E-state index contributed by atoms with van der Waals surface area (Å²) in [6.07, 6.45) is 4.84. The quantitative estimate of drug-likeness (QED) is 0.402. The molecule has 3 aromatic carbocycles. The van der Waals surface area contributed by atoms with E-state index in [2.05, 4.69) is 18.2 Å². The van der Waals surface area contributed by atoms with E-state index in [1.54, 1.807) is 20.3 Å². The van der Waals surface area contributed by atoms with Crippen molar-refractivity contribution in [3.8, 4) is 11.5 Å². The lowest BCUT2D eigenvalue weighted by atomic mass is 10.0. The van der Waals surface area contributed by atoms with Crippen molar-refractivity contribution < 1.29 is 9.47 Å². The first kappa shape index (κ1) is 21.3. The van der Waals surface area contributed by atoms with Gasteiger partial charge in [0.25, 0.3) is 0 Å². The van der Waals surface area contributed by atoms with Gasteiger partial charge in [0, 0.05) is 11.4 Å². The smallest absolute Gasteiger partial charge is 0.118 e. The summed E-state index contributed by atoms with van der Waals surface area (Å²) in [7, 11) is 3.32. The Bertz CT molecular complexity index is 1110. The van der Waals surface area contributed by atoms with E-state index in [9.17, 15) is 0 Å². The molecule has 0 saturated carbocycles. The summed E-state index contributed by atoms with van der Waals surface area (Å²) < 4.78 is 10.5. The molecule has 1 aliphatic rings. The van der Waals surface area contributed by atoms with Crippen molar-refractivity contribution in [1.29, 1.82) is 0 Å². The van der Waals surface area contributed by atoms with E-state index in [0.717, 1.165) is 40.4 Å². The standard InChI is InChI=1S/C25H22Cl2N2O2/c1-30-21-10-4-17(5-11-21)3-9-20-16-25(18-6-12-22(31-2)13-7-18)29(28-20)24-14-8-19(26)15-23(24)27/h3-15,25H,16H2,1-2H3/b9-3+/t25-/m1/s1. The number of halogens is 2. The largest absolute Gasteiger partial charge is 0.497 e. The Morgan fingerprint density at radius 1 is 0.871 bits per heavy atom. The second-order valence-electron chi connectivity index (χ2n) is 7.13. The van der Waals surface area contributed by atoms with Gasteiger partial charge in [0.05, 0.1) is 36.7 Å². The normalized spacial score (nSPS) is 15.9. The van der Waals surface area contributed by atoms with Crippen LogP contribution in [0, 0.1) is 0 Å². The molecular weight excluding hydrogens is 431 g/mol. The van der Waals surface area contributed by atoms with Gasteiger partial charge in [-0.05, 0) is 59.7 Å². The number of hydrazone groups is 1. The Morgan fingerprint density at radius 3 is 2.13 bits per heavy atom. The minimum absolute atomic E-state index is 0.0140. The van der Waals surface area contributed by atoms with Crippen molar-refractivity contribution in [2.24, 2.45) is 5.10 Å². The number of ether oxygens (including phenoxy) is 2. The van der Waals surface area contributed by atoms with Gasteiger partial charge in [-0.1, -0.05) is 53.5 Å². The summed E-state index contributed by atoms with van der Waals surface area (Å²) in [5, 5.41) is 8.00. The lowest BCUT2D eigenvalue weighted by Gasteiger charge is -2.25. The van der Waals surface area contributed by atoms with Crippen LogP contribution in [0.25, 0.3) is 6.08 Å². The summed E-state index contributed by atoms with van der Waals surface area (Å²) in [6, 6.07) is 21.4. The highest BCUT2D eigenvalue weighted by Crippen LogP contribution is 2.40. The monoisotopic (exact) mass is 452 g/mol. The van der Waals surface area contributed by atoms with E-state index in [4.69, 9.17) is 37.8 Å². The summed E-state index contributed by atoms with van der Waals surface area (Å²) in [5.74, 6) is 1.65.